The molecule has 0 spiro atoms. The van der Waals surface area contributed by atoms with Gasteiger partial charge in [-0.3, -0.25) is 9.59 Å². The van der Waals surface area contributed by atoms with Gasteiger partial charge in [0.15, 0.2) is 8.32 Å². The van der Waals surface area contributed by atoms with Crippen LogP contribution in [0.15, 0.2) is 30.3 Å². The molecule has 0 saturated carbocycles. The number of amides is 2. The van der Waals surface area contributed by atoms with Crippen molar-refractivity contribution >= 4 is 37.9 Å². The zero-order valence-corrected chi connectivity index (χ0v) is 26.3. The highest BCUT2D eigenvalue weighted by molar-refractivity contribution is 6.74. The number of methoxy groups -OCH3 is 1. The number of benzene rings is 2. The van der Waals surface area contributed by atoms with E-state index in [0.717, 1.165) is 5.56 Å². The van der Waals surface area contributed by atoms with Gasteiger partial charge in [-0.25, -0.2) is 4.39 Å². The third-order valence-corrected chi connectivity index (χ3v) is 13.4. The molecule has 0 bridgehead atoms. The van der Waals surface area contributed by atoms with Gasteiger partial charge in [0.25, 0.3) is 0 Å². The summed E-state index contributed by atoms with van der Waals surface area (Å²) in [6.45, 7) is 10.9. The van der Waals surface area contributed by atoms with Crippen molar-refractivity contribution in [1.29, 1.82) is 0 Å². The first-order valence-electron chi connectivity index (χ1n) is 13.8. The van der Waals surface area contributed by atoms with Crippen LogP contribution < -0.4 is 14.4 Å². The van der Waals surface area contributed by atoms with Crippen molar-refractivity contribution in [3.63, 3.8) is 0 Å². The van der Waals surface area contributed by atoms with E-state index in [1.165, 1.54) is 15.9 Å². The van der Waals surface area contributed by atoms with E-state index in [2.05, 4.69) is 33.9 Å². The van der Waals surface area contributed by atoms with E-state index in [1.54, 1.807) is 19.2 Å². The number of likely N-dealkylation sites (tertiary alicyclic amines) is 1. The Morgan fingerprint density at radius 1 is 1.22 bits per heavy atom. The zero-order chi connectivity index (χ0) is 30.2. The van der Waals surface area contributed by atoms with Gasteiger partial charge < -0.3 is 28.8 Å². The van der Waals surface area contributed by atoms with E-state index in [0.29, 0.717) is 17.7 Å². The van der Waals surface area contributed by atoms with Gasteiger partial charge in [-0.2, -0.15) is 0 Å². The standard InChI is InChI=1S/C30H39ClFN2O6Si/c1-29(2,3)41(5,6)40-25-17-33(19-35)14-13-30(25,37)18-39-24-15-23(32)27(31)28-22(24)11-12-26(36)34(28)16-20-7-9-21(38-4)10-8-20/h7-10,15,25,37H,11-14,16-18H2,1-6H3/t25-,30-/m1/s1. The number of fused-ring (bicyclic) bond motifs is 1. The predicted octanol–water partition coefficient (Wildman–Crippen LogP) is 5.24. The molecule has 8 nitrogen and oxygen atoms in total. The molecule has 2 heterocycles. The molecule has 41 heavy (non-hydrogen) atoms. The van der Waals surface area contributed by atoms with Gasteiger partial charge >= 0.3 is 6.41 Å². The van der Waals surface area contributed by atoms with Crippen LogP contribution in [-0.4, -0.2) is 69.2 Å². The van der Waals surface area contributed by atoms with Crippen molar-refractivity contribution in [3.8, 4) is 11.5 Å². The van der Waals surface area contributed by atoms with Crippen LogP contribution in [0.5, 0.6) is 11.5 Å². The summed E-state index contributed by atoms with van der Waals surface area (Å²) in [4.78, 5) is 27.4. The second-order valence-electron chi connectivity index (χ2n) is 12.4. The van der Waals surface area contributed by atoms with E-state index in [9.17, 15) is 14.7 Å². The maximum Gasteiger partial charge on any atom is 0.312 e. The molecule has 1 fully saturated rings. The highest BCUT2D eigenvalue weighted by atomic mass is 35.5. The Hall–Kier alpha value is -2.66. The Morgan fingerprint density at radius 3 is 2.51 bits per heavy atom. The average molecular weight is 606 g/mol. The van der Waals surface area contributed by atoms with Gasteiger partial charge in [0.05, 0.1) is 25.4 Å². The normalized spacial score (nSPS) is 21.5. The summed E-state index contributed by atoms with van der Waals surface area (Å²) in [5.41, 5.74) is 0.279. The Labute approximate surface area is 247 Å². The molecule has 2 aliphatic rings. The molecule has 2 atom stereocenters. The molecule has 2 aromatic carbocycles. The topological polar surface area (TPSA) is 88.5 Å². The van der Waals surface area contributed by atoms with Crippen molar-refractivity contribution < 1.29 is 33.0 Å². The molecule has 0 aromatic heterocycles. The first-order chi connectivity index (χ1) is 19.2. The molecule has 0 aliphatic carbocycles. The number of halogens is 2. The van der Waals surface area contributed by atoms with E-state index >= 15 is 4.39 Å². The molecule has 11 heteroatoms. The van der Waals surface area contributed by atoms with Crippen LogP contribution in [0, 0.1) is 5.82 Å². The monoisotopic (exact) mass is 605 g/mol. The predicted molar refractivity (Wildman–Crippen MR) is 158 cm³/mol. The summed E-state index contributed by atoms with van der Waals surface area (Å²) in [5.74, 6) is 0.00883. The van der Waals surface area contributed by atoms with Crippen LogP contribution in [0.2, 0.25) is 23.2 Å². The summed E-state index contributed by atoms with van der Waals surface area (Å²) >= 11 is 6.45. The highest BCUT2D eigenvalue weighted by Gasteiger charge is 2.49. The fourth-order valence-corrected chi connectivity index (χ4v) is 6.56. The van der Waals surface area contributed by atoms with Crippen molar-refractivity contribution in [2.75, 3.05) is 31.7 Å². The molecule has 2 aromatic rings. The quantitative estimate of drug-likeness (QED) is 0.393. The number of hydrogen-bond donors (Lipinski definition) is 1. The zero-order valence-electron chi connectivity index (χ0n) is 24.6. The Balaban J connectivity index is 1.63. The van der Waals surface area contributed by atoms with Crippen molar-refractivity contribution in [2.45, 2.75) is 76.4 Å². The summed E-state index contributed by atoms with van der Waals surface area (Å²) in [5, 5.41) is 11.5. The Bertz CT molecular complexity index is 1290. The lowest BCUT2D eigenvalue weighted by molar-refractivity contribution is -0.122. The van der Waals surface area contributed by atoms with Gasteiger partial charge in [-0.1, -0.05) is 44.5 Å². The lowest BCUT2D eigenvalue weighted by Gasteiger charge is -2.48. The van der Waals surface area contributed by atoms with Gasteiger partial charge in [-0.05, 0) is 48.7 Å². The number of anilines is 1. The number of carbonyl (C=O) groups is 1. The van der Waals surface area contributed by atoms with Crippen LogP contribution in [0.1, 0.15) is 44.7 Å². The maximum absolute atomic E-state index is 15.2. The second-order valence-corrected chi connectivity index (χ2v) is 17.5. The number of ether oxygens (including phenoxy) is 2. The molecule has 2 amide bonds. The molecule has 0 unspecified atom stereocenters. The summed E-state index contributed by atoms with van der Waals surface area (Å²) in [6, 6.07) is 8.48. The number of piperidine rings is 1. The van der Waals surface area contributed by atoms with Crippen molar-refractivity contribution in [2.24, 2.45) is 0 Å². The van der Waals surface area contributed by atoms with Crippen LogP contribution in [0.3, 0.4) is 0 Å². The van der Waals surface area contributed by atoms with E-state index < -0.39 is 25.8 Å². The highest BCUT2D eigenvalue weighted by Crippen LogP contribution is 2.44. The molecule has 1 radical (unpaired) electrons. The number of rotatable bonds is 9. The minimum atomic E-state index is -2.33. The first kappa shape index (κ1) is 31.3. The molecular formula is C30H39ClFN2O6Si. The third kappa shape index (κ3) is 6.55. The molecule has 1 saturated heterocycles. The van der Waals surface area contributed by atoms with E-state index in [4.69, 9.17) is 25.5 Å². The summed E-state index contributed by atoms with van der Waals surface area (Å²) in [6.07, 6.45) is 1.94. The largest absolute Gasteiger partial charge is 0.497 e. The number of nitrogens with zero attached hydrogens (tertiary/aromatic N) is 2. The minimum absolute atomic E-state index is 0.125. The van der Waals surface area contributed by atoms with Gasteiger partial charge in [0.1, 0.15) is 34.5 Å². The van der Waals surface area contributed by atoms with E-state index in [1.807, 2.05) is 18.5 Å². The number of carbonyl (C=O) groups excluding carboxylic acids is 2. The van der Waals surface area contributed by atoms with E-state index in [-0.39, 0.29) is 66.5 Å². The Kier molecular flexibility index (Phi) is 9.09. The molecule has 4 rings (SSSR count). The Morgan fingerprint density at radius 2 is 1.90 bits per heavy atom. The van der Waals surface area contributed by atoms with Gasteiger partial charge in [-0.15, -0.1) is 0 Å². The van der Waals surface area contributed by atoms with Crippen molar-refractivity contribution in [1.82, 2.24) is 4.90 Å². The first-order valence-corrected chi connectivity index (χ1v) is 17.1. The third-order valence-electron chi connectivity index (χ3n) is 8.57. The van der Waals surface area contributed by atoms with Gasteiger partial charge in [0.2, 0.25) is 5.91 Å². The van der Waals surface area contributed by atoms with Gasteiger partial charge in [0, 0.05) is 31.1 Å². The fraction of sp³-hybridized carbons (Fsp3) is 0.533. The summed E-state index contributed by atoms with van der Waals surface area (Å²) in [7, 11) is -0.758. The van der Waals surface area contributed by atoms with Crippen LogP contribution in [0.25, 0.3) is 0 Å². The minimum Gasteiger partial charge on any atom is -0.497 e. The lowest BCUT2D eigenvalue weighted by atomic mass is 9.89. The molecule has 1 N–H and O–H groups in total. The van der Waals surface area contributed by atoms with Crippen molar-refractivity contribution in [3.05, 3.63) is 52.3 Å². The second kappa shape index (κ2) is 11.9. The molecular weight excluding hydrogens is 567 g/mol. The molecule has 223 valence electrons. The number of aliphatic hydroxyl groups is 1. The van der Waals surface area contributed by atoms with Crippen LogP contribution in [-0.2, 0) is 27.0 Å². The maximum atomic E-state index is 15.2. The summed E-state index contributed by atoms with van der Waals surface area (Å²) < 4.78 is 33.2. The average Bonchev–Trinajstić information content (AvgIpc) is 2.92. The van der Waals surface area contributed by atoms with Crippen LogP contribution in [0.4, 0.5) is 10.1 Å². The smallest absolute Gasteiger partial charge is 0.312 e. The SMILES string of the molecule is COc1ccc(CN2C(=O)CCc3c(OC[C@]4(O)CCN([C]=O)C[C@H]4O[Si](C)(C)C(C)(C)C)cc(F)c(Cl)c32)cc1. The molecule has 2 aliphatic heterocycles. The number of hydrogen-bond acceptors (Lipinski definition) is 6. The fourth-order valence-electron chi connectivity index (χ4n) is 4.93. The van der Waals surface area contributed by atoms with Crippen LogP contribution >= 0.6 is 11.6 Å². The lowest BCUT2D eigenvalue weighted by Crippen LogP contribution is -2.62.